The zero-order chi connectivity index (χ0) is 18.5. The summed E-state index contributed by atoms with van der Waals surface area (Å²) in [7, 11) is 0. The van der Waals surface area contributed by atoms with Crippen molar-refractivity contribution in [2.75, 3.05) is 31.6 Å². The lowest BCUT2D eigenvalue weighted by Crippen LogP contribution is -2.33. The lowest BCUT2D eigenvalue weighted by Gasteiger charge is -2.30. The van der Waals surface area contributed by atoms with Crippen molar-refractivity contribution in [3.63, 3.8) is 0 Å². The lowest BCUT2D eigenvalue weighted by molar-refractivity contribution is -0.116. The van der Waals surface area contributed by atoms with Crippen molar-refractivity contribution in [1.29, 1.82) is 0 Å². The van der Waals surface area contributed by atoms with Gasteiger partial charge in [0.05, 0.1) is 6.54 Å². The van der Waals surface area contributed by atoms with Crippen LogP contribution in [0.5, 0.6) is 11.5 Å². The predicted octanol–water partition coefficient (Wildman–Crippen LogP) is 2.47. The van der Waals surface area contributed by atoms with Crippen molar-refractivity contribution in [3.05, 3.63) is 30.4 Å². The highest BCUT2D eigenvalue weighted by Gasteiger charge is 2.21. The van der Waals surface area contributed by atoms with Crippen molar-refractivity contribution in [2.24, 2.45) is 5.92 Å². The van der Waals surface area contributed by atoms with Crippen molar-refractivity contribution in [3.8, 4) is 11.5 Å². The van der Waals surface area contributed by atoms with Crippen LogP contribution in [0.15, 0.2) is 29.1 Å². The summed E-state index contributed by atoms with van der Waals surface area (Å²) in [6.45, 7) is 3.84. The van der Waals surface area contributed by atoms with Crippen LogP contribution in [-0.4, -0.2) is 47.3 Å². The number of anilines is 1. The quantitative estimate of drug-likeness (QED) is 0.833. The number of likely N-dealkylation sites (tertiary alicyclic amines) is 1. The van der Waals surface area contributed by atoms with Crippen LogP contribution in [0.4, 0.5) is 5.69 Å². The smallest absolute Gasteiger partial charge is 0.224 e. The molecule has 1 saturated heterocycles. The van der Waals surface area contributed by atoms with Crippen LogP contribution in [0.25, 0.3) is 0 Å². The molecule has 0 aliphatic carbocycles. The number of amides is 1. The van der Waals surface area contributed by atoms with Gasteiger partial charge in [-0.3, -0.25) is 9.69 Å². The highest BCUT2D eigenvalue weighted by Crippen LogP contribution is 2.32. The molecule has 2 aliphatic heterocycles. The second-order valence-electron chi connectivity index (χ2n) is 7.01. The number of aromatic nitrogens is 2. The van der Waals surface area contributed by atoms with Crippen LogP contribution in [0.2, 0.25) is 0 Å². The minimum Gasteiger partial charge on any atom is -0.486 e. The van der Waals surface area contributed by atoms with E-state index in [1.165, 1.54) is 6.39 Å². The highest BCUT2D eigenvalue weighted by molar-refractivity contribution is 5.91. The lowest BCUT2D eigenvalue weighted by atomic mass is 9.92. The third-order valence-electron chi connectivity index (χ3n) is 5.08. The molecular formula is C19H24N4O4. The second kappa shape index (κ2) is 8.39. The van der Waals surface area contributed by atoms with Gasteiger partial charge in [0, 0.05) is 18.2 Å². The van der Waals surface area contributed by atoms with Crippen molar-refractivity contribution >= 4 is 11.6 Å². The summed E-state index contributed by atoms with van der Waals surface area (Å²) in [6, 6.07) is 5.51. The van der Waals surface area contributed by atoms with E-state index in [1.54, 1.807) is 0 Å². The maximum atomic E-state index is 12.3. The average Bonchev–Trinajstić information content (AvgIpc) is 3.20. The number of nitrogens with one attached hydrogen (secondary N) is 1. The number of hydrogen-bond acceptors (Lipinski definition) is 7. The van der Waals surface area contributed by atoms with Crippen molar-refractivity contribution < 1.29 is 18.8 Å². The summed E-state index contributed by atoms with van der Waals surface area (Å²) < 4.78 is 15.8. The maximum absolute atomic E-state index is 12.3. The number of nitrogens with zero attached hydrogens (tertiary/aromatic N) is 3. The zero-order valence-electron chi connectivity index (χ0n) is 15.2. The number of carbonyl (C=O) groups is 1. The number of benzene rings is 1. The van der Waals surface area contributed by atoms with Crippen LogP contribution in [0.3, 0.4) is 0 Å². The van der Waals surface area contributed by atoms with E-state index in [0.717, 1.165) is 56.2 Å². The van der Waals surface area contributed by atoms with Crippen LogP contribution in [0.1, 0.15) is 31.5 Å². The van der Waals surface area contributed by atoms with Crippen molar-refractivity contribution in [1.82, 2.24) is 15.0 Å². The third-order valence-corrected chi connectivity index (χ3v) is 5.08. The molecule has 1 aromatic heterocycles. The molecule has 144 valence electrons. The first kappa shape index (κ1) is 17.8. The van der Waals surface area contributed by atoms with Gasteiger partial charge in [-0.15, -0.1) is 0 Å². The van der Waals surface area contributed by atoms with E-state index in [1.807, 2.05) is 18.2 Å². The number of piperidine rings is 1. The molecule has 8 heteroatoms. The Kier molecular flexibility index (Phi) is 5.53. The maximum Gasteiger partial charge on any atom is 0.224 e. The molecule has 0 spiro atoms. The van der Waals surface area contributed by atoms with Crippen LogP contribution in [-0.2, 0) is 11.3 Å². The second-order valence-corrected chi connectivity index (χ2v) is 7.01. The van der Waals surface area contributed by atoms with Gasteiger partial charge < -0.3 is 19.3 Å². The Bertz CT molecular complexity index is 757. The predicted molar refractivity (Wildman–Crippen MR) is 97.6 cm³/mol. The topological polar surface area (TPSA) is 89.7 Å². The molecule has 0 unspecified atom stereocenters. The van der Waals surface area contributed by atoms with E-state index in [0.29, 0.717) is 31.3 Å². The number of carbonyl (C=O) groups excluding carboxylic acids is 1. The van der Waals surface area contributed by atoms with E-state index < -0.39 is 0 Å². The minimum atomic E-state index is 0.0425. The zero-order valence-corrected chi connectivity index (χ0v) is 15.2. The Morgan fingerprint density at radius 2 is 2.00 bits per heavy atom. The number of hydrogen-bond donors (Lipinski definition) is 1. The first-order valence-electron chi connectivity index (χ1n) is 9.43. The Labute approximate surface area is 157 Å². The Morgan fingerprint density at radius 1 is 1.19 bits per heavy atom. The molecule has 2 aliphatic rings. The monoisotopic (exact) mass is 372 g/mol. The van der Waals surface area contributed by atoms with Crippen LogP contribution < -0.4 is 14.8 Å². The number of ether oxygens (including phenoxy) is 2. The Hall–Kier alpha value is -2.61. The molecule has 1 fully saturated rings. The summed E-state index contributed by atoms with van der Waals surface area (Å²) in [5.41, 5.74) is 0.749. The summed E-state index contributed by atoms with van der Waals surface area (Å²) in [5, 5.41) is 6.82. The molecule has 8 nitrogen and oxygen atoms in total. The fourth-order valence-electron chi connectivity index (χ4n) is 3.58. The Morgan fingerprint density at radius 3 is 2.78 bits per heavy atom. The normalized spacial score (nSPS) is 17.6. The molecule has 2 aromatic rings. The molecule has 0 bridgehead atoms. The first-order valence-corrected chi connectivity index (χ1v) is 9.43. The largest absolute Gasteiger partial charge is 0.486 e. The molecule has 0 atom stereocenters. The van der Waals surface area contributed by atoms with Gasteiger partial charge in [0.2, 0.25) is 12.3 Å². The van der Waals surface area contributed by atoms with Gasteiger partial charge in [-0.25, -0.2) is 0 Å². The molecule has 1 N–H and O–H groups in total. The van der Waals surface area contributed by atoms with Gasteiger partial charge >= 0.3 is 0 Å². The molecule has 4 rings (SSSR count). The summed E-state index contributed by atoms with van der Waals surface area (Å²) in [4.78, 5) is 18.7. The molecule has 1 amide bonds. The fraction of sp³-hybridized carbons (Fsp3) is 0.526. The molecule has 0 radical (unpaired) electrons. The van der Waals surface area contributed by atoms with Crippen LogP contribution >= 0.6 is 0 Å². The van der Waals surface area contributed by atoms with Gasteiger partial charge in [0.1, 0.15) is 13.2 Å². The van der Waals surface area contributed by atoms with E-state index in [-0.39, 0.29) is 5.91 Å². The molecular weight excluding hydrogens is 348 g/mol. The van der Waals surface area contributed by atoms with E-state index in [9.17, 15) is 4.79 Å². The average molecular weight is 372 g/mol. The van der Waals surface area contributed by atoms with Gasteiger partial charge in [-0.05, 0) is 50.4 Å². The van der Waals surface area contributed by atoms with Crippen LogP contribution in [0, 0.1) is 5.92 Å². The van der Waals surface area contributed by atoms with Gasteiger partial charge in [0.15, 0.2) is 17.3 Å². The molecule has 3 heterocycles. The molecule has 0 saturated carbocycles. The van der Waals surface area contributed by atoms with E-state index in [4.69, 9.17) is 14.0 Å². The summed E-state index contributed by atoms with van der Waals surface area (Å²) >= 11 is 0. The SMILES string of the molecule is O=C(CCC1CCN(Cc2ncon2)CC1)Nc1ccc2c(c1)OCCO2. The molecule has 1 aromatic carbocycles. The summed E-state index contributed by atoms with van der Waals surface area (Å²) in [5.74, 6) is 2.77. The number of fused-ring (bicyclic) bond motifs is 1. The van der Waals surface area contributed by atoms with Gasteiger partial charge in [-0.2, -0.15) is 4.98 Å². The summed E-state index contributed by atoms with van der Waals surface area (Å²) in [6.07, 6.45) is 4.99. The van der Waals surface area contributed by atoms with Gasteiger partial charge in [-0.1, -0.05) is 5.16 Å². The van der Waals surface area contributed by atoms with Crippen molar-refractivity contribution in [2.45, 2.75) is 32.2 Å². The minimum absolute atomic E-state index is 0.0425. The first-order chi connectivity index (χ1) is 13.3. The van der Waals surface area contributed by atoms with E-state index in [2.05, 4.69) is 20.4 Å². The number of rotatable bonds is 6. The Balaban J connectivity index is 1.19. The van der Waals surface area contributed by atoms with E-state index >= 15 is 0 Å². The third kappa shape index (κ3) is 4.77. The molecule has 27 heavy (non-hydrogen) atoms. The fourth-order valence-corrected chi connectivity index (χ4v) is 3.58. The van der Waals surface area contributed by atoms with Gasteiger partial charge in [0.25, 0.3) is 0 Å². The standard InChI is InChI=1S/C19H24N4O4/c24-19(21-15-2-3-16-17(11-15)26-10-9-25-16)4-1-14-5-7-23(8-6-14)12-18-20-13-27-22-18/h2-3,11,13-14H,1,4-10,12H2,(H,21,24). The highest BCUT2D eigenvalue weighted by atomic mass is 16.6.